The van der Waals surface area contributed by atoms with Gasteiger partial charge >= 0.3 is 0 Å². The molecule has 0 aliphatic heterocycles. The van der Waals surface area contributed by atoms with Gasteiger partial charge in [-0.1, -0.05) is 0 Å². The monoisotopic (exact) mass is 264 g/mol. The van der Waals surface area contributed by atoms with E-state index in [-0.39, 0.29) is 11.9 Å². The minimum atomic E-state index is -0.241. The van der Waals surface area contributed by atoms with Crippen molar-refractivity contribution < 1.29 is 4.39 Å². The summed E-state index contributed by atoms with van der Waals surface area (Å²) in [6, 6.07) is 6.70. The van der Waals surface area contributed by atoms with Crippen LogP contribution in [0.2, 0.25) is 0 Å². The number of hydrogen-bond donors (Lipinski definition) is 1. The lowest BCUT2D eigenvalue weighted by molar-refractivity contribution is 0.622. The minimum Gasteiger partial charge on any atom is -0.370 e. The molecule has 1 aromatic heterocycles. The molecule has 0 radical (unpaired) electrons. The van der Waals surface area contributed by atoms with Crippen LogP contribution < -0.4 is 10.6 Å². The first-order valence-electron chi connectivity index (χ1n) is 5.85. The van der Waals surface area contributed by atoms with Crippen LogP contribution in [-0.4, -0.2) is 7.05 Å². The van der Waals surface area contributed by atoms with Gasteiger partial charge in [0, 0.05) is 25.3 Å². The van der Waals surface area contributed by atoms with Crippen molar-refractivity contribution in [3.8, 4) is 0 Å². The molecule has 1 heterocycles. The first-order valence-corrected chi connectivity index (χ1v) is 6.79. The van der Waals surface area contributed by atoms with Crippen molar-refractivity contribution in [2.45, 2.75) is 19.5 Å². The van der Waals surface area contributed by atoms with Crippen molar-refractivity contribution >= 4 is 17.0 Å². The maximum Gasteiger partial charge on any atom is 0.123 e. The van der Waals surface area contributed by atoms with Crippen molar-refractivity contribution in [3.05, 3.63) is 52.0 Å². The summed E-state index contributed by atoms with van der Waals surface area (Å²) in [5.41, 5.74) is 8.98. The third-order valence-electron chi connectivity index (χ3n) is 2.89. The molecule has 2 nitrogen and oxygen atoms in total. The van der Waals surface area contributed by atoms with Gasteiger partial charge in [-0.2, -0.15) is 11.3 Å². The maximum absolute atomic E-state index is 13.3. The number of hydrogen-bond acceptors (Lipinski definition) is 3. The average molecular weight is 264 g/mol. The average Bonchev–Trinajstić information content (AvgIpc) is 2.81. The van der Waals surface area contributed by atoms with E-state index in [1.54, 1.807) is 17.4 Å². The lowest BCUT2D eigenvalue weighted by Crippen LogP contribution is -2.20. The number of halogens is 1. The number of rotatable bonds is 4. The van der Waals surface area contributed by atoms with Crippen molar-refractivity contribution in [2.75, 3.05) is 11.9 Å². The molecule has 0 saturated carbocycles. The smallest absolute Gasteiger partial charge is 0.123 e. The van der Waals surface area contributed by atoms with Crippen LogP contribution in [0.1, 0.15) is 24.1 Å². The highest BCUT2D eigenvalue weighted by Gasteiger charge is 2.12. The molecule has 2 rings (SSSR count). The third-order valence-corrected chi connectivity index (χ3v) is 3.62. The van der Waals surface area contributed by atoms with Crippen molar-refractivity contribution in [1.82, 2.24) is 0 Å². The summed E-state index contributed by atoms with van der Waals surface area (Å²) in [6.45, 7) is 2.67. The Morgan fingerprint density at radius 3 is 2.78 bits per heavy atom. The third kappa shape index (κ3) is 2.89. The Morgan fingerprint density at radius 1 is 1.39 bits per heavy atom. The first-order chi connectivity index (χ1) is 8.58. The lowest BCUT2D eigenvalue weighted by Gasteiger charge is -2.23. The fourth-order valence-corrected chi connectivity index (χ4v) is 2.64. The first kappa shape index (κ1) is 13.1. The van der Waals surface area contributed by atoms with E-state index >= 15 is 0 Å². The van der Waals surface area contributed by atoms with Crippen LogP contribution >= 0.6 is 11.3 Å². The molecule has 0 saturated heterocycles. The van der Waals surface area contributed by atoms with Gasteiger partial charge in [-0.15, -0.1) is 0 Å². The van der Waals surface area contributed by atoms with E-state index in [2.05, 4.69) is 21.7 Å². The lowest BCUT2D eigenvalue weighted by atomic mass is 10.1. The summed E-state index contributed by atoms with van der Waals surface area (Å²) in [7, 11) is 2.00. The molecule has 1 aromatic carbocycles. The molecular formula is C14H17FN2S. The SMILES string of the molecule is C[C@@H](N)c1cc(F)ccc1N(C)Cc1ccsc1. The van der Waals surface area contributed by atoms with Crippen LogP contribution in [0.4, 0.5) is 10.1 Å². The second-order valence-corrected chi connectivity index (χ2v) is 5.26. The molecular weight excluding hydrogens is 247 g/mol. The van der Waals surface area contributed by atoms with Gasteiger partial charge in [0.2, 0.25) is 0 Å². The Balaban J connectivity index is 2.26. The van der Waals surface area contributed by atoms with E-state index in [0.717, 1.165) is 17.8 Å². The van der Waals surface area contributed by atoms with Gasteiger partial charge in [0.05, 0.1) is 0 Å². The summed E-state index contributed by atoms with van der Waals surface area (Å²) < 4.78 is 13.3. The van der Waals surface area contributed by atoms with Crippen LogP contribution in [0, 0.1) is 5.82 Å². The van der Waals surface area contributed by atoms with Crippen LogP contribution in [0.5, 0.6) is 0 Å². The molecule has 0 amide bonds. The highest BCUT2D eigenvalue weighted by Crippen LogP contribution is 2.26. The maximum atomic E-state index is 13.3. The van der Waals surface area contributed by atoms with E-state index in [9.17, 15) is 4.39 Å². The van der Waals surface area contributed by atoms with E-state index in [4.69, 9.17) is 5.73 Å². The second kappa shape index (κ2) is 5.50. The molecule has 18 heavy (non-hydrogen) atoms. The molecule has 4 heteroatoms. The predicted octanol–water partition coefficient (Wildman–Crippen LogP) is 3.54. The molecule has 0 aliphatic carbocycles. The highest BCUT2D eigenvalue weighted by atomic mass is 32.1. The van der Waals surface area contributed by atoms with Gasteiger partial charge in [0.25, 0.3) is 0 Å². The van der Waals surface area contributed by atoms with Crippen LogP contribution in [0.3, 0.4) is 0 Å². The van der Waals surface area contributed by atoms with E-state index in [1.165, 1.54) is 17.7 Å². The van der Waals surface area contributed by atoms with Crippen LogP contribution in [-0.2, 0) is 6.54 Å². The van der Waals surface area contributed by atoms with Gasteiger partial charge in [0.1, 0.15) is 5.82 Å². The van der Waals surface area contributed by atoms with Gasteiger partial charge in [-0.3, -0.25) is 0 Å². The summed E-state index contributed by atoms with van der Waals surface area (Å²) in [6.07, 6.45) is 0. The zero-order valence-electron chi connectivity index (χ0n) is 10.6. The second-order valence-electron chi connectivity index (χ2n) is 4.48. The number of nitrogens with two attached hydrogens (primary N) is 1. The van der Waals surface area contributed by atoms with Gasteiger partial charge in [-0.05, 0) is 53.1 Å². The molecule has 0 aliphatic rings. The number of anilines is 1. The van der Waals surface area contributed by atoms with Crippen LogP contribution in [0.15, 0.2) is 35.0 Å². The Bertz CT molecular complexity index is 509. The molecule has 1 atom stereocenters. The fourth-order valence-electron chi connectivity index (χ4n) is 1.98. The van der Waals surface area contributed by atoms with E-state index in [0.29, 0.717) is 0 Å². The van der Waals surface area contributed by atoms with E-state index < -0.39 is 0 Å². The van der Waals surface area contributed by atoms with Gasteiger partial charge < -0.3 is 10.6 Å². The summed E-state index contributed by atoms with van der Waals surface area (Å²) in [4.78, 5) is 2.10. The molecule has 2 aromatic rings. The molecule has 0 unspecified atom stereocenters. The van der Waals surface area contributed by atoms with Gasteiger partial charge in [0.15, 0.2) is 0 Å². The molecule has 0 fully saturated rings. The minimum absolute atomic E-state index is 0.180. The van der Waals surface area contributed by atoms with Crippen molar-refractivity contribution in [3.63, 3.8) is 0 Å². The topological polar surface area (TPSA) is 29.3 Å². The number of benzene rings is 1. The number of thiophene rings is 1. The van der Waals surface area contributed by atoms with E-state index in [1.807, 2.05) is 14.0 Å². The Morgan fingerprint density at radius 2 is 2.17 bits per heavy atom. The zero-order chi connectivity index (χ0) is 13.1. The molecule has 0 spiro atoms. The Labute approximate surface area is 111 Å². The Hall–Kier alpha value is -1.39. The standard InChI is InChI=1S/C14H17FN2S/c1-10(16)13-7-12(15)3-4-14(13)17(2)8-11-5-6-18-9-11/h3-7,9-10H,8,16H2,1-2H3/t10-/m1/s1. The summed E-state index contributed by atoms with van der Waals surface area (Å²) >= 11 is 1.68. The highest BCUT2D eigenvalue weighted by molar-refractivity contribution is 7.07. The van der Waals surface area contributed by atoms with Crippen molar-refractivity contribution in [1.29, 1.82) is 0 Å². The summed E-state index contributed by atoms with van der Waals surface area (Å²) in [5, 5.41) is 4.17. The number of nitrogens with zero attached hydrogens (tertiary/aromatic N) is 1. The largest absolute Gasteiger partial charge is 0.370 e. The summed E-state index contributed by atoms with van der Waals surface area (Å²) in [5.74, 6) is -0.241. The molecule has 2 N–H and O–H groups in total. The predicted molar refractivity (Wildman–Crippen MR) is 75.4 cm³/mol. The Kier molecular flexibility index (Phi) is 3.99. The van der Waals surface area contributed by atoms with Crippen molar-refractivity contribution in [2.24, 2.45) is 5.73 Å². The zero-order valence-corrected chi connectivity index (χ0v) is 11.4. The van der Waals surface area contributed by atoms with Crippen LogP contribution in [0.25, 0.3) is 0 Å². The molecule has 96 valence electrons. The quantitative estimate of drug-likeness (QED) is 0.915. The fraction of sp³-hybridized carbons (Fsp3) is 0.286. The molecule has 0 bridgehead atoms. The normalized spacial score (nSPS) is 12.4. The van der Waals surface area contributed by atoms with Gasteiger partial charge in [-0.25, -0.2) is 4.39 Å².